The molecule has 102 valence electrons. The second-order valence-corrected chi connectivity index (χ2v) is 5.09. The highest BCUT2D eigenvalue weighted by molar-refractivity contribution is 5.37. The van der Waals surface area contributed by atoms with Crippen molar-refractivity contribution in [1.29, 1.82) is 0 Å². The molecular weight excluding hydrogens is 234 g/mol. The van der Waals surface area contributed by atoms with Crippen LogP contribution in [0.15, 0.2) is 43.4 Å². The molecule has 2 heteroatoms. The zero-order valence-corrected chi connectivity index (χ0v) is 11.8. The Balaban J connectivity index is 2.05. The molecule has 2 nitrogen and oxygen atoms in total. The quantitative estimate of drug-likeness (QED) is 0.721. The molecule has 0 unspecified atom stereocenters. The smallest absolute Gasteiger partial charge is 0.110 e. The number of rotatable bonds is 6. The molecule has 0 atom stereocenters. The minimum Gasteiger partial charge on any atom is -0.469 e. The normalized spacial score (nSPS) is 14.8. The number of aryl methyl sites for hydroxylation is 1. The lowest BCUT2D eigenvalue weighted by Gasteiger charge is -2.30. The maximum atomic E-state index is 5.22. The van der Waals surface area contributed by atoms with Crippen LogP contribution in [0.1, 0.15) is 30.0 Å². The summed E-state index contributed by atoms with van der Waals surface area (Å²) < 4.78 is 5.22. The highest BCUT2D eigenvalue weighted by Crippen LogP contribution is 2.24. The number of nitrogens with zero attached hydrogens (tertiary/aromatic N) is 1. The zero-order valence-electron chi connectivity index (χ0n) is 11.8. The predicted molar refractivity (Wildman–Crippen MR) is 79.8 cm³/mol. The van der Waals surface area contributed by atoms with E-state index in [0.29, 0.717) is 0 Å². The lowest BCUT2D eigenvalue weighted by atomic mass is 9.92. The molecule has 2 rings (SSSR count). The number of hydrogen-bond donors (Lipinski definition) is 0. The van der Waals surface area contributed by atoms with Crippen molar-refractivity contribution in [2.24, 2.45) is 0 Å². The standard InChI is InChI=1S/C17H23NO/c1-4-7-15-8-6-9-16-13-18(11-10-17(15)16)12-14(3)19-5-2/h5-6,8-9H,2-4,7,10-13H2,1H3. The molecule has 1 aromatic rings. The van der Waals surface area contributed by atoms with Crippen LogP contribution in [-0.2, 0) is 24.1 Å². The van der Waals surface area contributed by atoms with Crippen molar-refractivity contribution in [2.45, 2.75) is 32.7 Å². The zero-order chi connectivity index (χ0) is 13.7. The Hall–Kier alpha value is -1.54. The average molecular weight is 257 g/mol. The van der Waals surface area contributed by atoms with E-state index in [1.165, 1.54) is 30.2 Å². The summed E-state index contributed by atoms with van der Waals surface area (Å²) in [5.74, 6) is 0.767. The van der Waals surface area contributed by atoms with E-state index in [9.17, 15) is 0 Å². The molecule has 0 fully saturated rings. The summed E-state index contributed by atoms with van der Waals surface area (Å²) >= 11 is 0. The van der Waals surface area contributed by atoms with Crippen molar-refractivity contribution in [1.82, 2.24) is 4.90 Å². The van der Waals surface area contributed by atoms with Crippen molar-refractivity contribution in [3.05, 3.63) is 60.1 Å². The van der Waals surface area contributed by atoms with E-state index in [-0.39, 0.29) is 0 Å². The molecule has 1 heterocycles. The van der Waals surface area contributed by atoms with Crippen molar-refractivity contribution in [3.8, 4) is 0 Å². The lowest BCUT2D eigenvalue weighted by molar-refractivity contribution is 0.223. The second kappa shape index (κ2) is 6.58. The Labute approximate surface area is 116 Å². The summed E-state index contributed by atoms with van der Waals surface area (Å²) in [6.07, 6.45) is 4.98. The van der Waals surface area contributed by atoms with E-state index in [0.717, 1.165) is 31.8 Å². The maximum absolute atomic E-state index is 5.22. The molecule has 0 amide bonds. The molecule has 0 N–H and O–H groups in total. The molecule has 0 radical (unpaired) electrons. The minimum absolute atomic E-state index is 0.767. The Morgan fingerprint density at radius 1 is 1.47 bits per heavy atom. The molecule has 0 spiro atoms. The Kier molecular flexibility index (Phi) is 4.80. The summed E-state index contributed by atoms with van der Waals surface area (Å²) in [5.41, 5.74) is 4.56. The van der Waals surface area contributed by atoms with Gasteiger partial charge in [0.15, 0.2) is 0 Å². The monoisotopic (exact) mass is 257 g/mol. The van der Waals surface area contributed by atoms with Crippen LogP contribution in [0, 0.1) is 0 Å². The first kappa shape index (κ1) is 13.9. The van der Waals surface area contributed by atoms with Gasteiger partial charge in [-0.25, -0.2) is 0 Å². The molecule has 0 aliphatic carbocycles. The predicted octanol–water partition coefficient (Wildman–Crippen LogP) is 3.67. The van der Waals surface area contributed by atoms with Gasteiger partial charge in [0, 0.05) is 13.1 Å². The van der Waals surface area contributed by atoms with E-state index in [4.69, 9.17) is 4.74 Å². The van der Waals surface area contributed by atoms with E-state index < -0.39 is 0 Å². The van der Waals surface area contributed by atoms with Crippen LogP contribution in [-0.4, -0.2) is 18.0 Å². The van der Waals surface area contributed by atoms with Gasteiger partial charge in [0.1, 0.15) is 5.76 Å². The van der Waals surface area contributed by atoms with E-state index in [1.807, 2.05) is 0 Å². The first-order chi connectivity index (χ1) is 9.24. The summed E-state index contributed by atoms with van der Waals surface area (Å²) in [4.78, 5) is 2.38. The SMILES string of the molecule is C=COC(=C)CN1CCc2c(CCC)cccc2C1. The van der Waals surface area contributed by atoms with E-state index in [2.05, 4.69) is 43.2 Å². The Morgan fingerprint density at radius 2 is 2.32 bits per heavy atom. The first-order valence-corrected chi connectivity index (χ1v) is 7.02. The van der Waals surface area contributed by atoms with Gasteiger partial charge in [-0.2, -0.15) is 0 Å². The molecule has 19 heavy (non-hydrogen) atoms. The molecule has 0 saturated heterocycles. The largest absolute Gasteiger partial charge is 0.469 e. The molecule has 0 saturated carbocycles. The number of benzene rings is 1. The van der Waals surface area contributed by atoms with Crippen molar-refractivity contribution in [2.75, 3.05) is 13.1 Å². The van der Waals surface area contributed by atoms with Gasteiger partial charge in [-0.15, -0.1) is 0 Å². The highest BCUT2D eigenvalue weighted by atomic mass is 16.5. The average Bonchev–Trinajstić information content (AvgIpc) is 2.39. The summed E-state index contributed by atoms with van der Waals surface area (Å²) in [7, 11) is 0. The third kappa shape index (κ3) is 3.48. The van der Waals surface area contributed by atoms with Gasteiger partial charge in [0.05, 0.1) is 12.8 Å². The molecule has 0 aromatic heterocycles. The topological polar surface area (TPSA) is 12.5 Å². The fourth-order valence-electron chi connectivity index (χ4n) is 2.79. The van der Waals surface area contributed by atoms with Crippen LogP contribution in [0.5, 0.6) is 0 Å². The van der Waals surface area contributed by atoms with Crippen molar-refractivity contribution < 1.29 is 4.74 Å². The Bertz CT molecular complexity index is 464. The number of hydrogen-bond acceptors (Lipinski definition) is 2. The van der Waals surface area contributed by atoms with Gasteiger partial charge in [0.25, 0.3) is 0 Å². The third-order valence-electron chi connectivity index (χ3n) is 3.61. The van der Waals surface area contributed by atoms with Crippen LogP contribution < -0.4 is 0 Å². The lowest BCUT2D eigenvalue weighted by Crippen LogP contribution is -2.32. The third-order valence-corrected chi connectivity index (χ3v) is 3.61. The van der Waals surface area contributed by atoms with Gasteiger partial charge < -0.3 is 4.74 Å². The van der Waals surface area contributed by atoms with Gasteiger partial charge in [-0.05, 0) is 29.5 Å². The maximum Gasteiger partial charge on any atom is 0.110 e. The van der Waals surface area contributed by atoms with Gasteiger partial charge in [-0.3, -0.25) is 4.90 Å². The fraction of sp³-hybridized carbons (Fsp3) is 0.412. The van der Waals surface area contributed by atoms with E-state index >= 15 is 0 Å². The van der Waals surface area contributed by atoms with Crippen molar-refractivity contribution >= 4 is 0 Å². The number of fused-ring (bicyclic) bond motifs is 1. The minimum atomic E-state index is 0.767. The second-order valence-electron chi connectivity index (χ2n) is 5.09. The van der Waals surface area contributed by atoms with Crippen LogP contribution in [0.4, 0.5) is 0 Å². The first-order valence-electron chi connectivity index (χ1n) is 7.02. The molecule has 1 aliphatic heterocycles. The van der Waals surface area contributed by atoms with Gasteiger partial charge >= 0.3 is 0 Å². The Morgan fingerprint density at radius 3 is 3.05 bits per heavy atom. The van der Waals surface area contributed by atoms with Crippen LogP contribution in [0.2, 0.25) is 0 Å². The summed E-state index contributed by atoms with van der Waals surface area (Å²) in [6, 6.07) is 6.71. The van der Waals surface area contributed by atoms with E-state index in [1.54, 1.807) is 5.56 Å². The highest BCUT2D eigenvalue weighted by Gasteiger charge is 2.18. The van der Waals surface area contributed by atoms with Crippen molar-refractivity contribution in [3.63, 3.8) is 0 Å². The molecular formula is C17H23NO. The molecule has 0 bridgehead atoms. The van der Waals surface area contributed by atoms with Gasteiger partial charge in [0.2, 0.25) is 0 Å². The van der Waals surface area contributed by atoms with Crippen LogP contribution in [0.3, 0.4) is 0 Å². The molecule has 1 aromatic carbocycles. The number of ether oxygens (including phenoxy) is 1. The summed E-state index contributed by atoms with van der Waals surface area (Å²) in [5, 5.41) is 0. The summed E-state index contributed by atoms with van der Waals surface area (Å²) in [6.45, 7) is 12.6. The molecule has 1 aliphatic rings. The fourth-order valence-corrected chi connectivity index (χ4v) is 2.79. The van der Waals surface area contributed by atoms with Crippen LogP contribution in [0.25, 0.3) is 0 Å². The van der Waals surface area contributed by atoms with Crippen LogP contribution >= 0.6 is 0 Å². The van der Waals surface area contributed by atoms with Gasteiger partial charge in [-0.1, -0.05) is 44.7 Å².